The number of nitrogens with two attached hydrogens (primary N) is 1. The van der Waals surface area contributed by atoms with Crippen molar-refractivity contribution < 1.29 is 14.2 Å². The number of pyridine rings is 1. The maximum Gasteiger partial charge on any atom is 0.218 e. The van der Waals surface area contributed by atoms with Crippen LogP contribution >= 0.6 is 0 Å². The summed E-state index contributed by atoms with van der Waals surface area (Å²) in [6.45, 7) is 0.0976. The molecular weight excluding hydrogens is 409 g/mol. The molecule has 2 heterocycles. The number of aliphatic hydroxyl groups is 1. The molecule has 7 nitrogen and oxygen atoms in total. The third-order valence-electron chi connectivity index (χ3n) is 4.95. The van der Waals surface area contributed by atoms with Crippen LogP contribution in [0.5, 0.6) is 11.6 Å². The lowest BCUT2D eigenvalue weighted by Gasteiger charge is -2.12. The van der Waals surface area contributed by atoms with E-state index in [4.69, 9.17) is 10.5 Å². The van der Waals surface area contributed by atoms with Crippen molar-refractivity contribution in [3.05, 3.63) is 83.8 Å². The molecule has 1 unspecified atom stereocenters. The molecule has 0 aliphatic rings. The van der Waals surface area contributed by atoms with E-state index >= 15 is 0 Å². The minimum absolute atomic E-state index is 0.0976. The number of nitriles is 1. The number of aliphatic hydroxyl groups excluding tert-OH is 1. The third kappa shape index (κ3) is 4.34. The highest BCUT2D eigenvalue weighted by atomic mass is 19.1. The van der Waals surface area contributed by atoms with E-state index in [0.717, 1.165) is 0 Å². The minimum Gasteiger partial charge on any atom is -0.439 e. The van der Waals surface area contributed by atoms with Crippen LogP contribution < -0.4 is 10.5 Å². The third-order valence-corrected chi connectivity index (χ3v) is 4.95. The normalized spacial score (nSPS) is 11.7. The molecule has 8 heteroatoms. The zero-order valence-corrected chi connectivity index (χ0v) is 17.2. The molecule has 0 bridgehead atoms. The number of ether oxygens (including phenoxy) is 1. The fourth-order valence-corrected chi connectivity index (χ4v) is 3.23. The Kier molecular flexibility index (Phi) is 5.94. The van der Waals surface area contributed by atoms with Crippen molar-refractivity contribution in [2.45, 2.75) is 6.10 Å². The second-order valence-electron chi connectivity index (χ2n) is 7.15. The number of benzene rings is 2. The lowest BCUT2D eigenvalue weighted by atomic mass is 10.1. The Labute approximate surface area is 184 Å². The van der Waals surface area contributed by atoms with Gasteiger partial charge in [0.15, 0.2) is 0 Å². The first-order chi connectivity index (χ1) is 15.5. The molecule has 32 heavy (non-hydrogen) atoms. The Balaban J connectivity index is 1.71. The summed E-state index contributed by atoms with van der Waals surface area (Å²) in [5, 5.41) is 23.6. The fraction of sp³-hybridized carbons (Fsp3) is 0.125. The lowest BCUT2D eigenvalue weighted by Crippen LogP contribution is -2.11. The molecule has 4 rings (SSSR count). The van der Waals surface area contributed by atoms with E-state index < -0.39 is 6.10 Å². The summed E-state index contributed by atoms with van der Waals surface area (Å²) >= 11 is 0. The van der Waals surface area contributed by atoms with Crippen molar-refractivity contribution in [3.8, 4) is 40.2 Å². The number of aryl methyl sites for hydroxylation is 1. The van der Waals surface area contributed by atoms with Crippen LogP contribution in [0, 0.1) is 17.1 Å². The zero-order valence-electron chi connectivity index (χ0n) is 17.2. The molecule has 0 spiro atoms. The second kappa shape index (κ2) is 8.98. The van der Waals surface area contributed by atoms with Gasteiger partial charge in [-0.1, -0.05) is 18.2 Å². The predicted molar refractivity (Wildman–Crippen MR) is 117 cm³/mol. The molecule has 3 N–H and O–H groups in total. The van der Waals surface area contributed by atoms with E-state index in [0.29, 0.717) is 45.3 Å². The SMILES string of the molecule is Cn1nc(-c2cccc(F)c2)cc1Oc1cc(C#N)ccc1-c1ccc(C(O)CN)cn1. The Morgan fingerprint density at radius 3 is 2.69 bits per heavy atom. The van der Waals surface area contributed by atoms with Gasteiger partial charge in [-0.3, -0.25) is 4.98 Å². The molecule has 0 aliphatic carbocycles. The quantitative estimate of drug-likeness (QED) is 0.480. The number of nitrogens with zero attached hydrogens (tertiary/aromatic N) is 4. The zero-order chi connectivity index (χ0) is 22.7. The van der Waals surface area contributed by atoms with Crippen LogP contribution in [0.15, 0.2) is 66.9 Å². The minimum atomic E-state index is -0.788. The molecule has 4 aromatic rings. The number of hydrogen-bond donors (Lipinski definition) is 2. The van der Waals surface area contributed by atoms with Crippen LogP contribution in [0.2, 0.25) is 0 Å². The second-order valence-corrected chi connectivity index (χ2v) is 7.15. The van der Waals surface area contributed by atoms with Crippen molar-refractivity contribution in [1.29, 1.82) is 5.26 Å². The first-order valence-corrected chi connectivity index (χ1v) is 9.85. The average Bonchev–Trinajstić information content (AvgIpc) is 3.18. The molecule has 0 saturated carbocycles. The highest BCUT2D eigenvalue weighted by molar-refractivity contribution is 5.69. The monoisotopic (exact) mass is 429 g/mol. The maximum absolute atomic E-state index is 13.6. The Hall–Kier alpha value is -4.06. The lowest BCUT2D eigenvalue weighted by molar-refractivity contribution is 0.186. The van der Waals surface area contributed by atoms with Crippen molar-refractivity contribution in [2.75, 3.05) is 6.54 Å². The number of aromatic nitrogens is 3. The van der Waals surface area contributed by atoms with E-state index in [9.17, 15) is 14.8 Å². The van der Waals surface area contributed by atoms with Crippen LogP contribution in [0.1, 0.15) is 17.2 Å². The Morgan fingerprint density at radius 2 is 2.00 bits per heavy atom. The molecule has 0 amide bonds. The molecule has 0 saturated heterocycles. The van der Waals surface area contributed by atoms with E-state index in [1.165, 1.54) is 16.8 Å². The highest BCUT2D eigenvalue weighted by Gasteiger charge is 2.15. The summed E-state index contributed by atoms with van der Waals surface area (Å²) in [6.07, 6.45) is 0.768. The van der Waals surface area contributed by atoms with Gasteiger partial charge in [-0.25, -0.2) is 9.07 Å². The van der Waals surface area contributed by atoms with Gasteiger partial charge in [0.1, 0.15) is 11.6 Å². The van der Waals surface area contributed by atoms with Crippen LogP contribution in [-0.2, 0) is 7.05 Å². The smallest absolute Gasteiger partial charge is 0.218 e. The average molecular weight is 429 g/mol. The van der Waals surface area contributed by atoms with Gasteiger partial charge < -0.3 is 15.6 Å². The summed E-state index contributed by atoms with van der Waals surface area (Å²) in [4.78, 5) is 4.42. The summed E-state index contributed by atoms with van der Waals surface area (Å²) in [5.74, 6) is 0.474. The van der Waals surface area contributed by atoms with Crippen LogP contribution in [0.3, 0.4) is 0 Å². The molecule has 1 atom stereocenters. The van der Waals surface area contributed by atoms with E-state index in [1.807, 2.05) is 0 Å². The first-order valence-electron chi connectivity index (χ1n) is 9.85. The topological polar surface area (TPSA) is 110 Å². The molecule has 0 fully saturated rings. The van der Waals surface area contributed by atoms with Crippen LogP contribution in [0.4, 0.5) is 4.39 Å². The maximum atomic E-state index is 13.6. The van der Waals surface area contributed by atoms with Crippen molar-refractivity contribution in [1.82, 2.24) is 14.8 Å². The molecule has 2 aromatic heterocycles. The highest BCUT2D eigenvalue weighted by Crippen LogP contribution is 2.35. The van der Waals surface area contributed by atoms with E-state index in [-0.39, 0.29) is 12.4 Å². The van der Waals surface area contributed by atoms with E-state index in [1.54, 1.807) is 61.8 Å². The van der Waals surface area contributed by atoms with Gasteiger partial charge in [-0.15, -0.1) is 0 Å². The van der Waals surface area contributed by atoms with Gasteiger partial charge in [0.2, 0.25) is 5.88 Å². The molecule has 160 valence electrons. The first kappa shape index (κ1) is 21.2. The molecular formula is C24H20FN5O2. The Bertz CT molecular complexity index is 1290. The summed E-state index contributed by atoms with van der Waals surface area (Å²) < 4.78 is 21.3. The Morgan fingerprint density at radius 1 is 1.16 bits per heavy atom. The van der Waals surface area contributed by atoms with Gasteiger partial charge in [-0.05, 0) is 36.4 Å². The molecule has 2 aromatic carbocycles. The number of rotatable bonds is 6. The van der Waals surface area contributed by atoms with Gasteiger partial charge in [-0.2, -0.15) is 10.4 Å². The van der Waals surface area contributed by atoms with E-state index in [2.05, 4.69) is 16.2 Å². The van der Waals surface area contributed by atoms with Gasteiger partial charge in [0, 0.05) is 42.5 Å². The summed E-state index contributed by atoms with van der Waals surface area (Å²) in [6, 6.07) is 18.5. The van der Waals surface area contributed by atoms with Crippen LogP contribution in [-0.4, -0.2) is 26.4 Å². The number of halogens is 1. The number of hydrogen-bond acceptors (Lipinski definition) is 6. The standard InChI is InChI=1S/C24H20FN5O2/c1-30-24(11-21(29-30)16-3-2-4-18(25)10-16)32-23-9-15(12-26)5-7-19(23)20-8-6-17(14-28-20)22(31)13-27/h2-11,14,22,31H,13,27H2,1H3. The van der Waals surface area contributed by atoms with Crippen molar-refractivity contribution >= 4 is 0 Å². The predicted octanol–water partition coefficient (Wildman–Crippen LogP) is 3.94. The molecule has 0 radical (unpaired) electrons. The fourth-order valence-electron chi connectivity index (χ4n) is 3.23. The summed E-state index contributed by atoms with van der Waals surface area (Å²) in [7, 11) is 1.72. The van der Waals surface area contributed by atoms with Crippen molar-refractivity contribution in [3.63, 3.8) is 0 Å². The summed E-state index contributed by atoms with van der Waals surface area (Å²) in [5.41, 5.74) is 8.97. The largest absolute Gasteiger partial charge is 0.439 e. The van der Waals surface area contributed by atoms with Crippen molar-refractivity contribution in [2.24, 2.45) is 12.8 Å². The molecule has 0 aliphatic heterocycles. The van der Waals surface area contributed by atoms with Gasteiger partial charge in [0.05, 0.1) is 29.1 Å². The van der Waals surface area contributed by atoms with Crippen LogP contribution in [0.25, 0.3) is 22.5 Å². The van der Waals surface area contributed by atoms with Gasteiger partial charge in [0.25, 0.3) is 0 Å². The van der Waals surface area contributed by atoms with Gasteiger partial charge >= 0.3 is 0 Å².